The van der Waals surface area contributed by atoms with Crippen LogP contribution in [0.2, 0.25) is 0 Å². The van der Waals surface area contributed by atoms with Crippen molar-refractivity contribution in [3.8, 4) is 0 Å². The lowest BCUT2D eigenvalue weighted by molar-refractivity contribution is -0.0377. The fourth-order valence-electron chi connectivity index (χ4n) is 3.37. The SMILES string of the molecule is c1csc([C@@H]2Nc3ccccc3[C@@H]3OCCC[C@H]23)c1. The molecule has 4 rings (SSSR count). The van der Waals surface area contributed by atoms with Crippen LogP contribution in [0, 0.1) is 5.92 Å². The van der Waals surface area contributed by atoms with Crippen molar-refractivity contribution in [1.82, 2.24) is 0 Å². The predicted molar refractivity (Wildman–Crippen MR) is 78.5 cm³/mol. The first-order valence-electron chi connectivity index (χ1n) is 6.94. The van der Waals surface area contributed by atoms with Crippen LogP contribution < -0.4 is 5.32 Å². The van der Waals surface area contributed by atoms with Crippen LogP contribution >= 0.6 is 11.3 Å². The average molecular weight is 271 g/mol. The van der Waals surface area contributed by atoms with Crippen LogP contribution in [0.25, 0.3) is 0 Å². The molecule has 3 heterocycles. The summed E-state index contributed by atoms with van der Waals surface area (Å²) in [4.78, 5) is 1.43. The van der Waals surface area contributed by atoms with Gasteiger partial charge < -0.3 is 10.1 Å². The van der Waals surface area contributed by atoms with Crippen LogP contribution in [-0.2, 0) is 4.74 Å². The molecule has 2 aliphatic heterocycles. The molecule has 1 N–H and O–H groups in total. The van der Waals surface area contributed by atoms with Gasteiger partial charge in [-0.25, -0.2) is 0 Å². The lowest BCUT2D eigenvalue weighted by Crippen LogP contribution is -2.35. The predicted octanol–water partition coefficient (Wildman–Crippen LogP) is 4.38. The van der Waals surface area contributed by atoms with E-state index in [9.17, 15) is 0 Å². The average Bonchev–Trinajstić information content (AvgIpc) is 3.00. The number of hydrogen-bond acceptors (Lipinski definition) is 3. The Balaban J connectivity index is 1.79. The summed E-state index contributed by atoms with van der Waals surface area (Å²) < 4.78 is 6.10. The van der Waals surface area contributed by atoms with Gasteiger partial charge in [-0.3, -0.25) is 0 Å². The van der Waals surface area contributed by atoms with Gasteiger partial charge in [-0.05, 0) is 30.4 Å². The molecule has 3 atom stereocenters. The minimum atomic E-state index is 0.262. The van der Waals surface area contributed by atoms with Crippen LogP contribution in [0.15, 0.2) is 41.8 Å². The second-order valence-electron chi connectivity index (χ2n) is 5.32. The second kappa shape index (κ2) is 4.66. The van der Waals surface area contributed by atoms with E-state index in [-0.39, 0.29) is 6.10 Å². The highest BCUT2D eigenvalue weighted by molar-refractivity contribution is 7.10. The maximum Gasteiger partial charge on any atom is 0.0896 e. The monoisotopic (exact) mass is 271 g/mol. The van der Waals surface area contributed by atoms with Gasteiger partial charge in [-0.1, -0.05) is 24.3 Å². The van der Waals surface area contributed by atoms with Crippen molar-refractivity contribution in [2.45, 2.75) is 25.0 Å². The molecule has 2 nitrogen and oxygen atoms in total. The molecule has 2 aromatic rings. The molecule has 1 aromatic carbocycles. The van der Waals surface area contributed by atoms with E-state index in [1.165, 1.54) is 29.0 Å². The summed E-state index contributed by atoms with van der Waals surface area (Å²) in [7, 11) is 0. The number of nitrogens with one attached hydrogen (secondary N) is 1. The van der Waals surface area contributed by atoms with Crippen molar-refractivity contribution < 1.29 is 4.74 Å². The van der Waals surface area contributed by atoms with Crippen LogP contribution in [0.4, 0.5) is 5.69 Å². The molecule has 98 valence electrons. The van der Waals surface area contributed by atoms with Gasteiger partial charge >= 0.3 is 0 Å². The van der Waals surface area contributed by atoms with E-state index in [2.05, 4.69) is 47.1 Å². The smallest absolute Gasteiger partial charge is 0.0896 e. The number of rotatable bonds is 1. The normalized spacial score (nSPS) is 29.2. The summed E-state index contributed by atoms with van der Waals surface area (Å²) in [5, 5.41) is 5.89. The van der Waals surface area contributed by atoms with Gasteiger partial charge in [-0.15, -0.1) is 11.3 Å². The summed E-state index contributed by atoms with van der Waals surface area (Å²) in [5.41, 5.74) is 2.57. The summed E-state index contributed by atoms with van der Waals surface area (Å²) in [6.45, 7) is 0.895. The molecule has 0 aliphatic carbocycles. The molecule has 3 heteroatoms. The van der Waals surface area contributed by atoms with Crippen molar-refractivity contribution in [1.29, 1.82) is 0 Å². The van der Waals surface area contributed by atoms with E-state index < -0.39 is 0 Å². The minimum Gasteiger partial charge on any atom is -0.377 e. The highest BCUT2D eigenvalue weighted by atomic mass is 32.1. The number of hydrogen-bond donors (Lipinski definition) is 1. The fraction of sp³-hybridized carbons (Fsp3) is 0.375. The molecule has 1 fully saturated rings. The molecule has 1 aromatic heterocycles. The molecule has 0 radical (unpaired) electrons. The summed E-state index contributed by atoms with van der Waals surface area (Å²) in [5.74, 6) is 0.558. The highest BCUT2D eigenvalue weighted by Gasteiger charge is 2.39. The molecular weight excluding hydrogens is 254 g/mol. The summed E-state index contributed by atoms with van der Waals surface area (Å²) in [6.07, 6.45) is 2.68. The van der Waals surface area contributed by atoms with E-state index in [1.54, 1.807) is 0 Å². The zero-order chi connectivity index (χ0) is 12.7. The molecule has 0 spiro atoms. The Morgan fingerprint density at radius 2 is 2.11 bits per heavy atom. The second-order valence-corrected chi connectivity index (χ2v) is 6.30. The van der Waals surface area contributed by atoms with Crippen LogP contribution in [0.3, 0.4) is 0 Å². The molecule has 0 saturated carbocycles. The van der Waals surface area contributed by atoms with Crippen molar-refractivity contribution in [3.63, 3.8) is 0 Å². The van der Waals surface area contributed by atoms with E-state index in [1.807, 2.05) is 11.3 Å². The lowest BCUT2D eigenvalue weighted by atomic mass is 9.79. The number of fused-ring (bicyclic) bond motifs is 3. The van der Waals surface area contributed by atoms with E-state index in [4.69, 9.17) is 4.74 Å². The molecule has 0 unspecified atom stereocenters. The van der Waals surface area contributed by atoms with E-state index >= 15 is 0 Å². The Labute approximate surface area is 117 Å². The zero-order valence-corrected chi connectivity index (χ0v) is 11.5. The van der Waals surface area contributed by atoms with Crippen molar-refractivity contribution in [3.05, 3.63) is 52.2 Å². The molecule has 1 saturated heterocycles. The third-order valence-electron chi connectivity index (χ3n) is 4.22. The van der Waals surface area contributed by atoms with Crippen molar-refractivity contribution in [2.24, 2.45) is 5.92 Å². The fourth-order valence-corrected chi connectivity index (χ4v) is 4.22. The molecular formula is C16H17NOS. The van der Waals surface area contributed by atoms with Crippen molar-refractivity contribution >= 4 is 17.0 Å². The Morgan fingerprint density at radius 3 is 3.00 bits per heavy atom. The third kappa shape index (κ3) is 1.88. The maximum absolute atomic E-state index is 6.10. The largest absolute Gasteiger partial charge is 0.377 e. The Morgan fingerprint density at radius 1 is 1.16 bits per heavy atom. The Bertz CT molecular complexity index is 566. The first kappa shape index (κ1) is 11.5. The Kier molecular flexibility index (Phi) is 2.82. The van der Waals surface area contributed by atoms with Gasteiger partial charge in [0.25, 0.3) is 0 Å². The van der Waals surface area contributed by atoms with Crippen molar-refractivity contribution in [2.75, 3.05) is 11.9 Å². The van der Waals surface area contributed by atoms with E-state index in [0.717, 1.165) is 6.61 Å². The minimum absolute atomic E-state index is 0.262. The molecule has 2 aliphatic rings. The van der Waals surface area contributed by atoms with Gasteiger partial charge in [0.05, 0.1) is 12.1 Å². The molecule has 0 amide bonds. The van der Waals surface area contributed by atoms with E-state index in [0.29, 0.717) is 12.0 Å². The van der Waals surface area contributed by atoms with Gasteiger partial charge in [0, 0.05) is 28.7 Å². The third-order valence-corrected chi connectivity index (χ3v) is 5.18. The van der Waals surface area contributed by atoms with Gasteiger partial charge in [0.15, 0.2) is 0 Å². The molecule has 0 bridgehead atoms. The van der Waals surface area contributed by atoms with Gasteiger partial charge in [0.2, 0.25) is 0 Å². The first-order valence-corrected chi connectivity index (χ1v) is 7.82. The van der Waals surface area contributed by atoms with Gasteiger partial charge in [-0.2, -0.15) is 0 Å². The molecule has 19 heavy (non-hydrogen) atoms. The topological polar surface area (TPSA) is 21.3 Å². The number of benzene rings is 1. The lowest BCUT2D eigenvalue weighted by Gasteiger charge is -2.42. The number of para-hydroxylation sites is 1. The highest BCUT2D eigenvalue weighted by Crippen LogP contribution is 2.49. The van der Waals surface area contributed by atoms with Crippen LogP contribution in [0.5, 0.6) is 0 Å². The van der Waals surface area contributed by atoms with Gasteiger partial charge in [0.1, 0.15) is 0 Å². The number of anilines is 1. The zero-order valence-electron chi connectivity index (χ0n) is 10.7. The summed E-state index contributed by atoms with van der Waals surface area (Å²) >= 11 is 1.84. The number of ether oxygens (including phenoxy) is 1. The summed E-state index contributed by atoms with van der Waals surface area (Å²) in [6, 6.07) is 13.4. The number of thiophene rings is 1. The maximum atomic E-state index is 6.10. The standard InChI is InChI=1S/C16H17NOS/c1-2-7-13-11(5-1)16-12(6-3-9-18-16)15(17-13)14-8-4-10-19-14/h1-2,4-5,7-8,10,12,15-17H,3,6,9H2/t12-,15-,16+/m1/s1. The van der Waals surface area contributed by atoms with Crippen LogP contribution in [0.1, 0.15) is 35.4 Å². The van der Waals surface area contributed by atoms with Crippen LogP contribution in [-0.4, -0.2) is 6.61 Å². The Hall–Kier alpha value is -1.32. The first-order chi connectivity index (χ1) is 9.43. The quantitative estimate of drug-likeness (QED) is 0.831.